The van der Waals surface area contributed by atoms with Crippen LogP contribution in [0.1, 0.15) is 42.5 Å². The number of hydrogen-bond donors (Lipinski definition) is 1. The molecule has 2 aliphatic heterocycles. The molecule has 2 fully saturated rings. The first kappa shape index (κ1) is 25.0. The highest BCUT2D eigenvalue weighted by Crippen LogP contribution is 2.39. The Morgan fingerprint density at radius 3 is 2.74 bits per heavy atom. The van der Waals surface area contributed by atoms with Gasteiger partial charge >= 0.3 is 6.18 Å². The molecule has 0 bridgehead atoms. The van der Waals surface area contributed by atoms with Crippen molar-refractivity contribution in [3.63, 3.8) is 0 Å². The van der Waals surface area contributed by atoms with Crippen LogP contribution < -0.4 is 0 Å². The van der Waals surface area contributed by atoms with Crippen molar-refractivity contribution in [2.45, 2.75) is 44.3 Å². The normalized spacial score (nSPS) is 20.1. The SMILES string of the molecule is C[C@@H]1CCCN(Cc2nc(C(F)(F)F)cc3c(-c4cccc(C5(Cc6nncn6C)COC5)c4)n[nH]c23)C1. The van der Waals surface area contributed by atoms with E-state index in [9.17, 15) is 13.2 Å². The molecule has 1 N–H and O–H groups in total. The van der Waals surface area contributed by atoms with E-state index in [1.54, 1.807) is 6.33 Å². The van der Waals surface area contributed by atoms with Gasteiger partial charge in [0.05, 0.1) is 24.4 Å². The highest BCUT2D eigenvalue weighted by atomic mass is 19.4. The van der Waals surface area contributed by atoms with Crippen LogP contribution in [0, 0.1) is 5.92 Å². The summed E-state index contributed by atoms with van der Waals surface area (Å²) in [5, 5.41) is 16.2. The lowest BCUT2D eigenvalue weighted by atomic mass is 9.75. The number of nitrogens with zero attached hydrogens (tertiary/aromatic N) is 6. The number of likely N-dealkylation sites (tertiary alicyclic amines) is 1. The van der Waals surface area contributed by atoms with E-state index in [1.807, 2.05) is 35.9 Å². The number of aromatic nitrogens is 6. The number of fused-ring (bicyclic) bond motifs is 1. The van der Waals surface area contributed by atoms with E-state index in [4.69, 9.17) is 4.74 Å². The van der Waals surface area contributed by atoms with Crippen LogP contribution in [0.15, 0.2) is 36.7 Å². The molecule has 8 nitrogen and oxygen atoms in total. The van der Waals surface area contributed by atoms with Gasteiger partial charge in [-0.1, -0.05) is 25.1 Å². The van der Waals surface area contributed by atoms with Crippen LogP contribution in [-0.4, -0.2) is 61.1 Å². The third-order valence-corrected chi connectivity index (χ3v) is 7.84. The molecule has 0 saturated carbocycles. The number of benzene rings is 1. The van der Waals surface area contributed by atoms with Gasteiger partial charge in [0, 0.05) is 42.9 Å². The van der Waals surface area contributed by atoms with Gasteiger partial charge in [-0.25, -0.2) is 4.98 Å². The van der Waals surface area contributed by atoms with Crippen LogP contribution in [0.2, 0.25) is 0 Å². The summed E-state index contributed by atoms with van der Waals surface area (Å²) in [7, 11) is 1.91. The Hall–Kier alpha value is -3.31. The fourth-order valence-electron chi connectivity index (χ4n) is 5.69. The fourth-order valence-corrected chi connectivity index (χ4v) is 5.69. The predicted octanol–water partition coefficient (Wildman–Crippen LogP) is 4.51. The minimum atomic E-state index is -4.56. The maximum Gasteiger partial charge on any atom is 0.433 e. The number of alkyl halides is 3. The van der Waals surface area contributed by atoms with Crippen molar-refractivity contribution in [2.75, 3.05) is 26.3 Å². The number of rotatable bonds is 6. The largest absolute Gasteiger partial charge is 0.433 e. The molecule has 2 saturated heterocycles. The van der Waals surface area contributed by atoms with Gasteiger partial charge in [-0.05, 0) is 43.0 Å². The number of halogens is 3. The van der Waals surface area contributed by atoms with Gasteiger partial charge < -0.3 is 9.30 Å². The molecule has 1 atom stereocenters. The first-order chi connectivity index (χ1) is 18.2. The Kier molecular flexibility index (Phi) is 6.22. The third-order valence-electron chi connectivity index (χ3n) is 7.84. The van der Waals surface area contributed by atoms with Crippen molar-refractivity contribution in [3.05, 3.63) is 59.4 Å². The third kappa shape index (κ3) is 4.58. The van der Waals surface area contributed by atoms with Gasteiger partial charge in [0.2, 0.25) is 0 Å². The highest BCUT2D eigenvalue weighted by Gasteiger charge is 2.42. The zero-order chi connectivity index (χ0) is 26.5. The number of H-pyrrole nitrogens is 1. The molecule has 3 aromatic heterocycles. The predicted molar refractivity (Wildman–Crippen MR) is 135 cm³/mol. The first-order valence-corrected chi connectivity index (χ1v) is 12.9. The molecule has 0 aliphatic carbocycles. The van der Waals surface area contributed by atoms with Crippen molar-refractivity contribution >= 4 is 10.9 Å². The Morgan fingerprint density at radius 2 is 2.05 bits per heavy atom. The van der Waals surface area contributed by atoms with Crippen LogP contribution in [0.4, 0.5) is 13.2 Å². The monoisotopic (exact) mass is 525 g/mol. The van der Waals surface area contributed by atoms with E-state index >= 15 is 0 Å². The van der Waals surface area contributed by atoms with Gasteiger partial charge in [0.25, 0.3) is 0 Å². The first-order valence-electron chi connectivity index (χ1n) is 12.9. The molecule has 38 heavy (non-hydrogen) atoms. The summed E-state index contributed by atoms with van der Waals surface area (Å²) in [5.41, 5.74) is 2.02. The number of ether oxygens (including phenoxy) is 1. The second-order valence-corrected chi connectivity index (χ2v) is 10.8. The van der Waals surface area contributed by atoms with E-state index in [-0.39, 0.29) is 5.41 Å². The molecule has 0 unspecified atom stereocenters. The summed E-state index contributed by atoms with van der Waals surface area (Å²) in [6.45, 7) is 5.29. The van der Waals surface area contributed by atoms with E-state index in [2.05, 4.69) is 37.2 Å². The number of aromatic amines is 1. The molecule has 2 aliphatic rings. The van der Waals surface area contributed by atoms with E-state index in [1.165, 1.54) is 0 Å². The lowest BCUT2D eigenvalue weighted by Gasteiger charge is -2.41. The Morgan fingerprint density at radius 1 is 1.21 bits per heavy atom. The molecular formula is C27H30F3N7O. The van der Waals surface area contributed by atoms with Gasteiger partial charge in [-0.3, -0.25) is 10.00 Å². The van der Waals surface area contributed by atoms with Gasteiger partial charge in [0.1, 0.15) is 23.5 Å². The summed E-state index contributed by atoms with van der Waals surface area (Å²) < 4.78 is 49.3. The lowest BCUT2D eigenvalue weighted by Crippen LogP contribution is -2.49. The second-order valence-electron chi connectivity index (χ2n) is 10.8. The standard InChI is InChI=1S/C27H30F3N7O/c1-17-5-4-8-37(12-17)13-21-25-20(10-22(32-21)27(28,29)30)24(34-35-25)18-6-3-7-19(9-18)26(14-38-15-26)11-23-33-31-16-36(23)2/h3,6-7,9-10,16-17H,4-5,8,11-15H2,1-2H3,(H,34,35)/t17-/m1/s1. The Bertz CT molecular complexity index is 1460. The average Bonchev–Trinajstić information content (AvgIpc) is 3.47. The molecule has 1 aromatic carbocycles. The zero-order valence-corrected chi connectivity index (χ0v) is 21.4. The van der Waals surface area contributed by atoms with Crippen molar-refractivity contribution < 1.29 is 17.9 Å². The summed E-state index contributed by atoms with van der Waals surface area (Å²) in [6, 6.07) is 8.96. The lowest BCUT2D eigenvalue weighted by molar-refractivity contribution is -0.141. The van der Waals surface area contributed by atoms with E-state index in [0.717, 1.165) is 48.9 Å². The molecule has 0 spiro atoms. The average molecular weight is 526 g/mol. The minimum absolute atomic E-state index is 0.280. The van der Waals surface area contributed by atoms with Crippen LogP contribution in [0.3, 0.4) is 0 Å². The van der Waals surface area contributed by atoms with Gasteiger partial charge in [-0.2, -0.15) is 18.3 Å². The number of nitrogens with one attached hydrogen (secondary N) is 1. The van der Waals surface area contributed by atoms with Crippen molar-refractivity contribution in [1.29, 1.82) is 0 Å². The molecule has 4 aromatic rings. The minimum Gasteiger partial charge on any atom is -0.379 e. The summed E-state index contributed by atoms with van der Waals surface area (Å²) in [5.74, 6) is 1.36. The van der Waals surface area contributed by atoms with E-state index < -0.39 is 11.9 Å². The van der Waals surface area contributed by atoms with Crippen LogP contribution in [-0.2, 0) is 36.3 Å². The Labute approximate surface area is 218 Å². The maximum absolute atomic E-state index is 13.9. The number of pyridine rings is 1. The molecule has 0 amide bonds. The molecule has 5 heterocycles. The van der Waals surface area contributed by atoms with Crippen molar-refractivity contribution in [2.24, 2.45) is 13.0 Å². The molecule has 6 rings (SSSR count). The van der Waals surface area contributed by atoms with Crippen LogP contribution in [0.25, 0.3) is 22.2 Å². The zero-order valence-electron chi connectivity index (χ0n) is 21.4. The second kappa shape index (κ2) is 9.46. The number of hydrogen-bond acceptors (Lipinski definition) is 6. The topological polar surface area (TPSA) is 84.8 Å². The molecule has 0 radical (unpaired) electrons. The Balaban J connectivity index is 1.40. The number of piperidine rings is 1. The fraction of sp³-hybridized carbons (Fsp3) is 0.481. The van der Waals surface area contributed by atoms with Gasteiger partial charge in [-0.15, -0.1) is 10.2 Å². The van der Waals surface area contributed by atoms with Crippen LogP contribution in [0.5, 0.6) is 0 Å². The van der Waals surface area contributed by atoms with Gasteiger partial charge in [0.15, 0.2) is 0 Å². The van der Waals surface area contributed by atoms with Crippen molar-refractivity contribution in [3.8, 4) is 11.3 Å². The van der Waals surface area contributed by atoms with Crippen molar-refractivity contribution in [1.82, 2.24) is 34.8 Å². The highest BCUT2D eigenvalue weighted by molar-refractivity contribution is 5.94. The molecule has 11 heteroatoms. The maximum atomic E-state index is 13.9. The molecule has 200 valence electrons. The molecular weight excluding hydrogens is 495 g/mol. The summed E-state index contributed by atoms with van der Waals surface area (Å²) in [4.78, 5) is 6.24. The van der Waals surface area contributed by atoms with Crippen LogP contribution >= 0.6 is 0 Å². The number of aryl methyl sites for hydroxylation is 1. The summed E-state index contributed by atoms with van der Waals surface area (Å²) in [6.07, 6.45) is -0.0736. The summed E-state index contributed by atoms with van der Waals surface area (Å²) >= 11 is 0. The quantitative estimate of drug-likeness (QED) is 0.399. The smallest absolute Gasteiger partial charge is 0.379 e. The van der Waals surface area contributed by atoms with E-state index in [0.29, 0.717) is 54.4 Å².